The Labute approximate surface area is 103 Å². The average Bonchev–Trinajstić information content (AvgIpc) is 2.16. The van der Waals surface area contributed by atoms with E-state index in [0.717, 1.165) is 5.92 Å². The summed E-state index contributed by atoms with van der Waals surface area (Å²) in [5, 5.41) is 0. The van der Waals surface area contributed by atoms with Crippen LogP contribution in [-0.2, 0) is 0 Å². The molecule has 0 heterocycles. The van der Waals surface area contributed by atoms with Crippen molar-refractivity contribution in [2.24, 2.45) is 11.7 Å². The molecular weight excluding hydrogens is 196 g/mol. The number of rotatable bonds is 9. The fourth-order valence-corrected chi connectivity index (χ4v) is 2.13. The third-order valence-corrected chi connectivity index (χ3v) is 3.14. The maximum atomic E-state index is 5.77. The first-order chi connectivity index (χ1) is 7.47. The predicted octanol–water partition coefficient (Wildman–Crippen LogP) is 3.26. The largest absolute Gasteiger partial charge is 0.328 e. The topological polar surface area (TPSA) is 29.3 Å². The molecule has 0 bridgehead atoms. The lowest BCUT2D eigenvalue weighted by molar-refractivity contribution is 0.187. The molecule has 16 heavy (non-hydrogen) atoms. The molecule has 0 rings (SSSR count). The van der Waals surface area contributed by atoms with Crippen molar-refractivity contribution in [2.75, 3.05) is 13.1 Å². The zero-order valence-corrected chi connectivity index (χ0v) is 12.0. The summed E-state index contributed by atoms with van der Waals surface area (Å²) in [4.78, 5) is 2.59. The Morgan fingerprint density at radius 2 is 1.69 bits per heavy atom. The van der Waals surface area contributed by atoms with Gasteiger partial charge in [0.1, 0.15) is 0 Å². The molecule has 0 fully saturated rings. The zero-order chi connectivity index (χ0) is 12.6. The smallest absolute Gasteiger partial charge is 0.00387 e. The molecular formula is C14H32N2. The predicted molar refractivity (Wildman–Crippen MR) is 73.7 cm³/mol. The normalized spacial score (nSPS) is 15.8. The minimum atomic E-state index is 0.365. The van der Waals surface area contributed by atoms with Crippen LogP contribution in [-0.4, -0.2) is 30.1 Å². The highest BCUT2D eigenvalue weighted by molar-refractivity contribution is 4.67. The van der Waals surface area contributed by atoms with E-state index < -0.39 is 0 Å². The number of nitrogens with zero attached hydrogens (tertiary/aromatic N) is 1. The van der Waals surface area contributed by atoms with Crippen LogP contribution < -0.4 is 5.73 Å². The Balaban J connectivity index is 3.76. The number of nitrogens with two attached hydrogens (primary N) is 1. The first-order valence-electron chi connectivity index (χ1n) is 6.97. The van der Waals surface area contributed by atoms with E-state index in [1.807, 2.05) is 0 Å². The van der Waals surface area contributed by atoms with E-state index in [4.69, 9.17) is 5.73 Å². The summed E-state index contributed by atoms with van der Waals surface area (Å²) in [5.74, 6) is 0.799. The lowest BCUT2D eigenvalue weighted by atomic mass is 10.0. The first kappa shape index (κ1) is 15.9. The minimum absolute atomic E-state index is 0.365. The number of hydrogen-bond donors (Lipinski definition) is 1. The number of hydrogen-bond acceptors (Lipinski definition) is 2. The van der Waals surface area contributed by atoms with Gasteiger partial charge < -0.3 is 10.6 Å². The maximum Gasteiger partial charge on any atom is 0.00387 e. The molecule has 0 spiro atoms. The summed E-state index contributed by atoms with van der Waals surface area (Å²) in [6, 6.07) is 1.04. The van der Waals surface area contributed by atoms with Gasteiger partial charge in [0.2, 0.25) is 0 Å². The summed E-state index contributed by atoms with van der Waals surface area (Å²) in [6.07, 6.45) is 5.01. The van der Waals surface area contributed by atoms with Gasteiger partial charge in [-0.15, -0.1) is 0 Å². The maximum absolute atomic E-state index is 5.77. The fourth-order valence-electron chi connectivity index (χ4n) is 2.13. The molecule has 2 N–H and O–H groups in total. The molecule has 0 aromatic heterocycles. The molecule has 0 aliphatic carbocycles. The first-order valence-corrected chi connectivity index (χ1v) is 6.97. The van der Waals surface area contributed by atoms with E-state index in [9.17, 15) is 0 Å². The molecule has 0 saturated carbocycles. The van der Waals surface area contributed by atoms with E-state index in [0.29, 0.717) is 12.1 Å². The van der Waals surface area contributed by atoms with Crippen LogP contribution in [0.5, 0.6) is 0 Å². The van der Waals surface area contributed by atoms with Gasteiger partial charge in [0, 0.05) is 18.6 Å². The lowest BCUT2D eigenvalue weighted by Gasteiger charge is -2.29. The second-order valence-electron chi connectivity index (χ2n) is 5.60. The van der Waals surface area contributed by atoms with Gasteiger partial charge in [-0.2, -0.15) is 0 Å². The second kappa shape index (κ2) is 9.00. The van der Waals surface area contributed by atoms with Gasteiger partial charge in [0.25, 0.3) is 0 Å². The molecule has 0 aromatic rings. The van der Waals surface area contributed by atoms with Crippen LogP contribution in [0.2, 0.25) is 0 Å². The fraction of sp³-hybridized carbons (Fsp3) is 1.00. The summed E-state index contributed by atoms with van der Waals surface area (Å²) < 4.78 is 0. The van der Waals surface area contributed by atoms with Gasteiger partial charge >= 0.3 is 0 Å². The summed E-state index contributed by atoms with van der Waals surface area (Å²) in [5.41, 5.74) is 5.77. The van der Waals surface area contributed by atoms with E-state index in [1.165, 1.54) is 38.8 Å². The van der Waals surface area contributed by atoms with Crippen LogP contribution in [0.25, 0.3) is 0 Å². The zero-order valence-electron chi connectivity index (χ0n) is 12.0. The highest BCUT2D eigenvalue weighted by Gasteiger charge is 2.12. The Kier molecular flexibility index (Phi) is 8.96. The highest BCUT2D eigenvalue weighted by atomic mass is 15.1. The van der Waals surface area contributed by atoms with Crippen LogP contribution in [0, 0.1) is 5.92 Å². The summed E-state index contributed by atoms with van der Waals surface area (Å²) >= 11 is 0. The summed E-state index contributed by atoms with van der Waals surface area (Å²) in [7, 11) is 0. The highest BCUT2D eigenvalue weighted by Crippen LogP contribution is 2.12. The monoisotopic (exact) mass is 228 g/mol. The van der Waals surface area contributed by atoms with Crippen LogP contribution in [0.3, 0.4) is 0 Å². The van der Waals surface area contributed by atoms with Crippen molar-refractivity contribution in [3.05, 3.63) is 0 Å². The molecule has 0 amide bonds. The Hall–Kier alpha value is -0.0800. The van der Waals surface area contributed by atoms with Crippen molar-refractivity contribution in [2.45, 2.75) is 72.4 Å². The van der Waals surface area contributed by atoms with Gasteiger partial charge in [0.15, 0.2) is 0 Å². The molecule has 2 atom stereocenters. The van der Waals surface area contributed by atoms with E-state index in [2.05, 4.69) is 39.5 Å². The molecule has 2 heteroatoms. The third kappa shape index (κ3) is 8.12. The average molecular weight is 228 g/mol. The van der Waals surface area contributed by atoms with Crippen molar-refractivity contribution in [3.63, 3.8) is 0 Å². The molecule has 98 valence electrons. The van der Waals surface area contributed by atoms with Crippen molar-refractivity contribution in [3.8, 4) is 0 Å². The SMILES string of the molecule is CCCN(CC(C)CCCC(C)N)C(C)C. The Morgan fingerprint density at radius 1 is 1.06 bits per heavy atom. The molecule has 2 nitrogen and oxygen atoms in total. The molecule has 0 radical (unpaired) electrons. The van der Waals surface area contributed by atoms with Gasteiger partial charge in [0.05, 0.1) is 0 Å². The lowest BCUT2D eigenvalue weighted by Crippen LogP contribution is -2.35. The van der Waals surface area contributed by atoms with Crippen LogP contribution in [0.4, 0.5) is 0 Å². The van der Waals surface area contributed by atoms with Gasteiger partial charge in [-0.25, -0.2) is 0 Å². The standard InChI is InChI=1S/C14H32N2/c1-6-10-16(12(2)3)11-13(4)8-7-9-14(5)15/h12-14H,6-11,15H2,1-5H3. The second-order valence-corrected chi connectivity index (χ2v) is 5.60. The van der Waals surface area contributed by atoms with Crippen LogP contribution in [0.15, 0.2) is 0 Å². The minimum Gasteiger partial charge on any atom is -0.328 e. The molecule has 0 aromatic carbocycles. The Bertz CT molecular complexity index is 155. The van der Waals surface area contributed by atoms with Crippen molar-refractivity contribution in [1.29, 1.82) is 0 Å². The van der Waals surface area contributed by atoms with Crippen LogP contribution >= 0.6 is 0 Å². The van der Waals surface area contributed by atoms with Crippen molar-refractivity contribution in [1.82, 2.24) is 4.90 Å². The van der Waals surface area contributed by atoms with Crippen molar-refractivity contribution >= 4 is 0 Å². The summed E-state index contributed by atoms with van der Waals surface area (Å²) in [6.45, 7) is 13.8. The molecule has 0 aliphatic heterocycles. The van der Waals surface area contributed by atoms with Gasteiger partial charge in [-0.3, -0.25) is 0 Å². The molecule has 0 aliphatic rings. The Morgan fingerprint density at radius 3 is 2.12 bits per heavy atom. The van der Waals surface area contributed by atoms with Crippen molar-refractivity contribution < 1.29 is 0 Å². The third-order valence-electron chi connectivity index (χ3n) is 3.14. The van der Waals surface area contributed by atoms with E-state index >= 15 is 0 Å². The molecule has 2 unspecified atom stereocenters. The van der Waals surface area contributed by atoms with Gasteiger partial charge in [-0.05, 0) is 52.5 Å². The van der Waals surface area contributed by atoms with Gasteiger partial charge in [-0.1, -0.05) is 20.3 Å². The quantitative estimate of drug-likeness (QED) is 0.656. The van der Waals surface area contributed by atoms with E-state index in [1.54, 1.807) is 0 Å². The molecule has 0 saturated heterocycles. The van der Waals surface area contributed by atoms with E-state index in [-0.39, 0.29) is 0 Å². The van der Waals surface area contributed by atoms with Crippen LogP contribution in [0.1, 0.15) is 60.3 Å².